The maximum atomic E-state index is 12.9. The van der Waals surface area contributed by atoms with Gasteiger partial charge in [0.25, 0.3) is 11.5 Å². The molecule has 0 saturated carbocycles. The van der Waals surface area contributed by atoms with Gasteiger partial charge in [0.2, 0.25) is 0 Å². The van der Waals surface area contributed by atoms with Crippen molar-refractivity contribution >= 4 is 39.1 Å². The van der Waals surface area contributed by atoms with Crippen LogP contribution in [0.25, 0.3) is 0 Å². The molecule has 0 aromatic carbocycles. The van der Waals surface area contributed by atoms with Crippen molar-refractivity contribution in [3.63, 3.8) is 0 Å². The second-order valence-electron chi connectivity index (χ2n) is 7.08. The Kier molecular flexibility index (Phi) is 8.18. The van der Waals surface area contributed by atoms with Crippen molar-refractivity contribution in [3.05, 3.63) is 45.7 Å². The van der Waals surface area contributed by atoms with Gasteiger partial charge < -0.3 is 14.2 Å². The van der Waals surface area contributed by atoms with Crippen LogP contribution in [0.4, 0.5) is 5.69 Å². The second kappa shape index (κ2) is 10.8. The summed E-state index contributed by atoms with van der Waals surface area (Å²) in [6.45, 7) is 2.68. The van der Waals surface area contributed by atoms with E-state index in [1.165, 1.54) is 23.8 Å². The van der Waals surface area contributed by atoms with Gasteiger partial charge in [-0.2, -0.15) is 5.10 Å². The highest BCUT2D eigenvalue weighted by molar-refractivity contribution is 9.09. The molecule has 1 aliphatic rings. The molecule has 0 N–H and O–H groups in total. The van der Waals surface area contributed by atoms with E-state index in [1.807, 2.05) is 4.90 Å². The molecule has 7 nitrogen and oxygen atoms in total. The number of aromatic nitrogens is 2. The van der Waals surface area contributed by atoms with Crippen LogP contribution in [0.3, 0.4) is 0 Å². The third-order valence-electron chi connectivity index (χ3n) is 5.09. The lowest BCUT2D eigenvalue weighted by molar-refractivity contribution is 0.0714. The first kappa shape index (κ1) is 21.9. The van der Waals surface area contributed by atoms with E-state index >= 15 is 0 Å². The fraction of sp³-hybridized carbons (Fsp3) is 0.550. The average molecular weight is 486 g/mol. The lowest BCUT2D eigenvalue weighted by Crippen LogP contribution is -2.50. The Bertz CT molecular complexity index is 848. The van der Waals surface area contributed by atoms with Crippen LogP contribution in [0, 0.1) is 0 Å². The summed E-state index contributed by atoms with van der Waals surface area (Å²) in [4.78, 5) is 29.0. The van der Waals surface area contributed by atoms with Crippen molar-refractivity contribution in [2.75, 3.05) is 36.4 Å². The van der Waals surface area contributed by atoms with Gasteiger partial charge in [-0.25, -0.2) is 4.68 Å². The number of unbranched alkanes of at least 4 members (excludes halogenated alkanes) is 4. The first-order valence-electron chi connectivity index (χ1n) is 10.0. The Morgan fingerprint density at radius 1 is 1.14 bits per heavy atom. The lowest BCUT2D eigenvalue weighted by Gasteiger charge is -2.35. The van der Waals surface area contributed by atoms with Gasteiger partial charge in [-0.1, -0.05) is 46.8 Å². The number of aryl methyl sites for hydroxylation is 1. The summed E-state index contributed by atoms with van der Waals surface area (Å²) in [5.74, 6) is 0.201. The number of rotatable bonds is 9. The largest absolute Gasteiger partial charge is 0.459 e. The summed E-state index contributed by atoms with van der Waals surface area (Å²) in [7, 11) is 0. The molecular formula is C20H26BrClN4O3. The van der Waals surface area contributed by atoms with Crippen LogP contribution in [0.15, 0.2) is 33.8 Å². The van der Waals surface area contributed by atoms with E-state index in [-0.39, 0.29) is 11.5 Å². The highest BCUT2D eigenvalue weighted by Crippen LogP contribution is 2.22. The summed E-state index contributed by atoms with van der Waals surface area (Å²) in [5.41, 5.74) is 0.315. The molecule has 1 amide bonds. The maximum Gasteiger partial charge on any atom is 0.291 e. The van der Waals surface area contributed by atoms with Crippen LogP contribution in [-0.2, 0) is 6.54 Å². The SMILES string of the molecule is O=C(c1ccco1)N1CCN(c2c(Cl)cnn(CCCCCCCBr)c2=O)CC1. The van der Waals surface area contributed by atoms with E-state index in [2.05, 4.69) is 21.0 Å². The molecule has 1 fully saturated rings. The van der Waals surface area contributed by atoms with Crippen molar-refractivity contribution in [1.29, 1.82) is 0 Å². The molecule has 0 atom stereocenters. The number of hydrogen-bond donors (Lipinski definition) is 0. The quantitative estimate of drug-likeness (QED) is 0.399. The van der Waals surface area contributed by atoms with Gasteiger partial charge in [0.05, 0.1) is 17.5 Å². The monoisotopic (exact) mass is 484 g/mol. The van der Waals surface area contributed by atoms with Gasteiger partial charge in [0.15, 0.2) is 5.76 Å². The van der Waals surface area contributed by atoms with Gasteiger partial charge in [-0.15, -0.1) is 0 Å². The number of carbonyl (C=O) groups excluding carboxylic acids is 1. The third kappa shape index (κ3) is 5.63. The lowest BCUT2D eigenvalue weighted by atomic mass is 10.1. The topological polar surface area (TPSA) is 71.6 Å². The van der Waals surface area contributed by atoms with Crippen molar-refractivity contribution in [3.8, 4) is 0 Å². The Balaban J connectivity index is 1.59. The first-order valence-corrected chi connectivity index (χ1v) is 11.5. The van der Waals surface area contributed by atoms with Crippen molar-refractivity contribution in [2.24, 2.45) is 0 Å². The number of hydrogen-bond acceptors (Lipinski definition) is 5. The highest BCUT2D eigenvalue weighted by Gasteiger charge is 2.26. The molecule has 2 aromatic rings. The van der Waals surface area contributed by atoms with Gasteiger partial charge in [-0.05, 0) is 25.0 Å². The number of piperazine rings is 1. The van der Waals surface area contributed by atoms with Crippen molar-refractivity contribution in [2.45, 2.75) is 38.6 Å². The normalized spacial score (nSPS) is 14.4. The molecule has 3 heterocycles. The van der Waals surface area contributed by atoms with Crippen LogP contribution >= 0.6 is 27.5 Å². The van der Waals surface area contributed by atoms with Gasteiger partial charge >= 0.3 is 0 Å². The van der Waals surface area contributed by atoms with E-state index in [9.17, 15) is 9.59 Å². The zero-order chi connectivity index (χ0) is 20.6. The molecule has 1 aliphatic heterocycles. The zero-order valence-corrected chi connectivity index (χ0v) is 18.7. The number of halogens is 2. The van der Waals surface area contributed by atoms with E-state index in [1.54, 1.807) is 23.2 Å². The summed E-state index contributed by atoms with van der Waals surface area (Å²) in [5, 5.41) is 5.60. The number of carbonyl (C=O) groups is 1. The van der Waals surface area contributed by atoms with Crippen LogP contribution in [0.1, 0.15) is 42.7 Å². The van der Waals surface area contributed by atoms with Gasteiger partial charge in [0, 0.05) is 38.1 Å². The molecule has 0 radical (unpaired) electrons. The molecule has 3 rings (SSSR count). The molecular weight excluding hydrogens is 460 g/mol. The van der Waals surface area contributed by atoms with Crippen LogP contribution < -0.4 is 10.5 Å². The Morgan fingerprint density at radius 2 is 1.86 bits per heavy atom. The number of alkyl halides is 1. The number of anilines is 1. The van der Waals surface area contributed by atoms with Crippen LogP contribution in [0.5, 0.6) is 0 Å². The van der Waals surface area contributed by atoms with E-state index in [4.69, 9.17) is 16.0 Å². The van der Waals surface area contributed by atoms with Crippen LogP contribution in [-0.4, -0.2) is 52.1 Å². The minimum absolute atomic E-state index is 0.132. The molecule has 0 spiro atoms. The molecule has 0 bridgehead atoms. The molecule has 0 aliphatic carbocycles. The summed E-state index contributed by atoms with van der Waals surface area (Å²) >= 11 is 9.76. The molecule has 1 saturated heterocycles. The Morgan fingerprint density at radius 3 is 2.55 bits per heavy atom. The minimum Gasteiger partial charge on any atom is -0.459 e. The van der Waals surface area contributed by atoms with Gasteiger partial charge in [-0.3, -0.25) is 9.59 Å². The summed E-state index contributed by atoms with van der Waals surface area (Å²) in [6, 6.07) is 3.36. The fourth-order valence-corrected chi connectivity index (χ4v) is 4.12. The van der Waals surface area contributed by atoms with Crippen molar-refractivity contribution in [1.82, 2.24) is 14.7 Å². The smallest absolute Gasteiger partial charge is 0.291 e. The van der Waals surface area contributed by atoms with E-state index in [0.29, 0.717) is 49.2 Å². The Labute approximate surface area is 183 Å². The molecule has 2 aromatic heterocycles. The Hall–Kier alpha value is -1.80. The molecule has 0 unspecified atom stereocenters. The van der Waals surface area contributed by atoms with Crippen LogP contribution in [0.2, 0.25) is 5.02 Å². The molecule has 29 heavy (non-hydrogen) atoms. The fourth-order valence-electron chi connectivity index (χ4n) is 3.48. The van der Waals surface area contributed by atoms with E-state index in [0.717, 1.165) is 24.6 Å². The summed E-state index contributed by atoms with van der Waals surface area (Å²) < 4.78 is 6.70. The first-order chi connectivity index (χ1) is 14.1. The van der Waals surface area contributed by atoms with Crippen molar-refractivity contribution < 1.29 is 9.21 Å². The zero-order valence-electron chi connectivity index (χ0n) is 16.4. The molecule has 9 heteroatoms. The summed E-state index contributed by atoms with van der Waals surface area (Å²) in [6.07, 6.45) is 8.56. The predicted octanol–water partition coefficient (Wildman–Crippen LogP) is 3.80. The predicted molar refractivity (Wildman–Crippen MR) is 117 cm³/mol. The minimum atomic E-state index is -0.163. The number of nitrogens with zero attached hydrogens (tertiary/aromatic N) is 4. The third-order valence-corrected chi connectivity index (χ3v) is 5.93. The highest BCUT2D eigenvalue weighted by atomic mass is 79.9. The van der Waals surface area contributed by atoms with Gasteiger partial charge in [0.1, 0.15) is 5.69 Å². The number of amides is 1. The second-order valence-corrected chi connectivity index (χ2v) is 8.28. The van der Waals surface area contributed by atoms with E-state index < -0.39 is 0 Å². The molecule has 158 valence electrons. The number of furan rings is 1. The maximum absolute atomic E-state index is 12.9. The standard InChI is InChI=1S/C20H26BrClN4O3/c21-8-4-2-1-3-5-9-26-20(28)18(16(22)15-23-26)24-10-12-25(13-11-24)19(27)17-7-6-14-29-17/h6-7,14-15H,1-5,8-13H2. The average Bonchev–Trinajstić information content (AvgIpc) is 3.27.